The number of nitrogens with one attached hydrogen (secondary N) is 1. The molecule has 0 amide bonds. The van der Waals surface area contributed by atoms with E-state index in [0.29, 0.717) is 0 Å². The zero-order chi connectivity index (χ0) is 11.1. The van der Waals surface area contributed by atoms with E-state index < -0.39 is 0 Å². The molecule has 1 N–H and O–H groups in total. The predicted molar refractivity (Wildman–Crippen MR) is 82.1 cm³/mol. The molecule has 0 radical (unpaired) electrons. The first-order valence-electron chi connectivity index (χ1n) is 4.00. The minimum Gasteiger partial charge on any atom is -0.365 e. The molecule has 2 rings (SSSR count). The molecule has 0 aromatic carbocycles. The molecule has 0 aliphatic carbocycles. The molecule has 3 nitrogen and oxygen atoms in total. The van der Waals surface area contributed by atoms with Gasteiger partial charge in [-0.2, -0.15) is 0 Å². The van der Waals surface area contributed by atoms with Crippen molar-refractivity contribution in [1.29, 1.82) is 0 Å². The predicted octanol–water partition coefficient (Wildman–Crippen LogP) is 3.38. The third kappa shape index (κ3) is 6.46. The molecule has 15 heavy (non-hydrogen) atoms. The Morgan fingerprint density at radius 3 is 2.20 bits per heavy atom. The van der Waals surface area contributed by atoms with Gasteiger partial charge in [0.05, 0.1) is 0 Å². The summed E-state index contributed by atoms with van der Waals surface area (Å²) in [6.45, 7) is 0. The van der Waals surface area contributed by atoms with Crippen molar-refractivity contribution < 1.29 is 0 Å². The minimum absolute atomic E-state index is 0.0623. The van der Waals surface area contributed by atoms with Gasteiger partial charge in [0, 0.05) is 23.1 Å². The van der Waals surface area contributed by atoms with Crippen LogP contribution < -0.4 is 5.32 Å². The maximum absolute atomic E-state index is 3.67. The molecule has 0 unspecified atom stereocenters. The molecular formula is C9H8BrI2N3. The highest BCUT2D eigenvalue weighted by Crippen LogP contribution is 2.29. The van der Waals surface area contributed by atoms with Crippen LogP contribution in [0.2, 0.25) is 0 Å². The molecule has 0 fully saturated rings. The van der Waals surface area contributed by atoms with Crippen molar-refractivity contribution in [2.24, 2.45) is 0 Å². The molecule has 2 heterocycles. The van der Waals surface area contributed by atoms with Crippen molar-refractivity contribution in [2.45, 2.75) is 1.55 Å². The Morgan fingerprint density at radius 2 is 1.93 bits per heavy atom. The summed E-state index contributed by atoms with van der Waals surface area (Å²) in [5.41, 5.74) is 0. The van der Waals surface area contributed by atoms with Gasteiger partial charge in [-0.25, -0.2) is 9.97 Å². The highest BCUT2D eigenvalue weighted by atomic mass is 127. The van der Waals surface area contributed by atoms with Crippen LogP contribution in [0.5, 0.6) is 0 Å². The second-order valence-electron chi connectivity index (χ2n) is 2.53. The Kier molecular flexibility index (Phi) is 6.05. The summed E-state index contributed by atoms with van der Waals surface area (Å²) in [6.07, 6.45) is 11.0. The van der Waals surface area contributed by atoms with Gasteiger partial charge in [0.2, 0.25) is 0 Å². The van der Waals surface area contributed by atoms with Crippen LogP contribution in [0, 0.1) is 0 Å². The summed E-state index contributed by atoms with van der Waals surface area (Å²) < 4.78 is 1.15. The van der Waals surface area contributed by atoms with Gasteiger partial charge in [-0.3, -0.25) is 0 Å². The first kappa shape index (κ1) is 13.4. The van der Waals surface area contributed by atoms with Gasteiger partial charge in [0.25, 0.3) is 0 Å². The van der Waals surface area contributed by atoms with Gasteiger partial charge in [-0.1, -0.05) is 0 Å². The number of aromatic nitrogens is 2. The molecular weight excluding hydrogens is 484 g/mol. The first-order valence-corrected chi connectivity index (χ1v) is 6.95. The van der Waals surface area contributed by atoms with Crippen LogP contribution in [0.1, 0.15) is 0 Å². The maximum atomic E-state index is 3.67. The zero-order valence-corrected chi connectivity index (χ0v) is 13.5. The van der Waals surface area contributed by atoms with E-state index in [1.807, 2.05) is 12.3 Å². The second kappa shape index (κ2) is 6.79. The fourth-order valence-corrected chi connectivity index (χ4v) is 1.62. The normalized spacial score (nSPS) is 16.9. The molecule has 0 saturated carbocycles. The lowest BCUT2D eigenvalue weighted by Gasteiger charge is -2.19. The van der Waals surface area contributed by atoms with Crippen LogP contribution in [0.25, 0.3) is 0 Å². The van der Waals surface area contributed by atoms with E-state index in [1.165, 1.54) is 6.33 Å². The van der Waals surface area contributed by atoms with Gasteiger partial charge in [0.1, 0.15) is 6.33 Å². The molecule has 0 spiro atoms. The van der Waals surface area contributed by atoms with Crippen LogP contribution >= 0.6 is 61.1 Å². The number of halogens is 3. The van der Waals surface area contributed by atoms with E-state index >= 15 is 0 Å². The second-order valence-corrected chi connectivity index (χ2v) is 8.92. The summed E-state index contributed by atoms with van der Waals surface area (Å²) in [5, 5.41) is 3.19. The van der Waals surface area contributed by atoms with Crippen LogP contribution in [-0.4, -0.2) is 11.5 Å². The Labute approximate surface area is 124 Å². The van der Waals surface area contributed by atoms with Gasteiger partial charge in [-0.15, -0.1) is 0 Å². The van der Waals surface area contributed by atoms with Crippen molar-refractivity contribution in [2.75, 3.05) is 0 Å². The Bertz CT molecular complexity index is 325. The molecule has 0 saturated heterocycles. The van der Waals surface area contributed by atoms with Crippen LogP contribution in [0.15, 0.2) is 47.6 Å². The lowest BCUT2D eigenvalue weighted by Crippen LogP contribution is -2.27. The van der Waals surface area contributed by atoms with Gasteiger partial charge < -0.3 is 5.32 Å². The summed E-state index contributed by atoms with van der Waals surface area (Å²) in [7, 11) is 0. The summed E-state index contributed by atoms with van der Waals surface area (Å²) >= 11 is 7.99. The van der Waals surface area contributed by atoms with E-state index in [9.17, 15) is 0 Å². The van der Waals surface area contributed by atoms with E-state index in [4.69, 9.17) is 0 Å². The van der Waals surface area contributed by atoms with Gasteiger partial charge in [0.15, 0.2) is 1.55 Å². The maximum Gasteiger partial charge on any atom is 0.159 e. The number of nitrogens with zero attached hydrogens (tertiary/aromatic N) is 2. The number of hydrogen-bond donors (Lipinski definition) is 1. The molecule has 1 aromatic rings. The highest BCUT2D eigenvalue weighted by molar-refractivity contribution is 14.2. The summed E-state index contributed by atoms with van der Waals surface area (Å²) in [4.78, 5) is 7.35. The van der Waals surface area contributed by atoms with Crippen molar-refractivity contribution in [3.8, 4) is 0 Å². The van der Waals surface area contributed by atoms with Gasteiger partial charge >= 0.3 is 0 Å². The highest BCUT2D eigenvalue weighted by Gasteiger charge is 2.17. The number of rotatable bonds is 0. The Balaban J connectivity index is 0.000000162. The molecule has 0 atom stereocenters. The van der Waals surface area contributed by atoms with E-state index in [2.05, 4.69) is 82.5 Å². The zero-order valence-electron chi connectivity index (χ0n) is 7.57. The fraction of sp³-hybridized carbons (Fsp3) is 0.111. The third-order valence-corrected chi connectivity index (χ3v) is 3.17. The Morgan fingerprint density at radius 1 is 1.27 bits per heavy atom. The molecule has 6 heteroatoms. The van der Waals surface area contributed by atoms with E-state index in [0.717, 1.165) is 4.48 Å². The van der Waals surface area contributed by atoms with E-state index in [-0.39, 0.29) is 1.55 Å². The average Bonchev–Trinajstić information content (AvgIpc) is 2.26. The van der Waals surface area contributed by atoms with Crippen molar-refractivity contribution in [1.82, 2.24) is 15.3 Å². The fourth-order valence-electron chi connectivity index (χ4n) is 0.699. The lowest BCUT2D eigenvalue weighted by atomic mass is 10.4. The molecule has 80 valence electrons. The van der Waals surface area contributed by atoms with Crippen molar-refractivity contribution in [3.63, 3.8) is 0 Å². The molecule has 1 aliphatic rings. The van der Waals surface area contributed by atoms with Crippen molar-refractivity contribution in [3.05, 3.63) is 47.6 Å². The lowest BCUT2D eigenvalue weighted by molar-refractivity contribution is 0.916. The topological polar surface area (TPSA) is 37.8 Å². The van der Waals surface area contributed by atoms with Crippen LogP contribution in [0.3, 0.4) is 0 Å². The van der Waals surface area contributed by atoms with Crippen LogP contribution in [-0.2, 0) is 0 Å². The SMILES string of the molecule is BrC1=CNC(I)(I)C=C1.c1cncnc1. The monoisotopic (exact) mass is 491 g/mol. The van der Waals surface area contributed by atoms with E-state index in [1.54, 1.807) is 18.5 Å². The summed E-state index contributed by atoms with van der Waals surface area (Å²) in [6, 6.07) is 1.78. The summed E-state index contributed by atoms with van der Waals surface area (Å²) in [5.74, 6) is 0. The van der Waals surface area contributed by atoms with Gasteiger partial charge in [-0.05, 0) is 79.3 Å². The largest absolute Gasteiger partial charge is 0.365 e. The molecule has 0 bridgehead atoms. The number of alkyl halides is 2. The third-order valence-electron chi connectivity index (χ3n) is 1.33. The first-order chi connectivity index (χ1) is 7.10. The average molecular weight is 492 g/mol. The number of hydrogen-bond acceptors (Lipinski definition) is 3. The standard InChI is InChI=1S/C5H4BrI2N.C4H4N2/c6-4-1-2-5(7,8)9-3-4;1-2-5-4-6-3-1/h1-3,9H;1-4H. The quantitative estimate of drug-likeness (QED) is 0.343. The molecule has 1 aliphatic heterocycles. The number of allylic oxidation sites excluding steroid dienone is 2. The smallest absolute Gasteiger partial charge is 0.159 e. The molecule has 1 aromatic heterocycles. The van der Waals surface area contributed by atoms with Crippen molar-refractivity contribution >= 4 is 61.1 Å². The van der Waals surface area contributed by atoms with Crippen LogP contribution in [0.4, 0.5) is 0 Å². The minimum atomic E-state index is 0.0623. The Hall–Kier alpha value is 0.300. The number of dihydropyridines is 1.